The second-order valence-corrected chi connectivity index (χ2v) is 6.02. The van der Waals surface area contributed by atoms with E-state index in [2.05, 4.69) is 21.0 Å². The van der Waals surface area contributed by atoms with Crippen molar-refractivity contribution in [3.05, 3.63) is 65.7 Å². The van der Waals surface area contributed by atoms with Crippen LogP contribution in [0, 0.1) is 17.1 Å². The van der Waals surface area contributed by atoms with Crippen LogP contribution >= 0.6 is 0 Å². The topological polar surface area (TPSA) is 119 Å². The van der Waals surface area contributed by atoms with Gasteiger partial charge in [-0.05, 0) is 24.3 Å². The number of benzene rings is 2. The van der Waals surface area contributed by atoms with Crippen molar-refractivity contribution in [2.45, 2.75) is 34.2 Å². The highest BCUT2D eigenvalue weighted by Crippen LogP contribution is 2.27. The van der Waals surface area contributed by atoms with Gasteiger partial charge in [0.1, 0.15) is 17.0 Å². The highest BCUT2D eigenvalue weighted by Gasteiger charge is 2.15. The third kappa shape index (κ3) is 6.46. The molecule has 9 heteroatoms. The maximum atomic E-state index is 14.1. The predicted molar refractivity (Wildman–Crippen MR) is 130 cm³/mol. The van der Waals surface area contributed by atoms with Crippen molar-refractivity contribution >= 4 is 22.8 Å². The molecule has 0 aliphatic carbocycles. The fraction of sp³-hybridized carbons (Fsp3) is 0.250. The molecule has 4 N–H and O–H groups in total. The second-order valence-electron chi connectivity index (χ2n) is 6.02. The standard InChI is InChI=1S/C19H14FN7.2C2H6.CH3F/c20-15-7-14(22)5-4-13(15)9-27-10-24-17-16(25-19(23)26-18(17)27)12-3-1-2-11(6-12)8-21;3*1-2/h1-7,10H,9,22H2,(H2,23,25,26);2*1-2H3;1H3. The Hall–Kier alpha value is -4.06. The number of hydrogen-bond donors (Lipinski definition) is 2. The van der Waals surface area contributed by atoms with Crippen LogP contribution in [0.25, 0.3) is 22.4 Å². The number of aromatic nitrogens is 4. The van der Waals surface area contributed by atoms with Crippen LogP contribution < -0.4 is 11.5 Å². The van der Waals surface area contributed by atoms with E-state index in [9.17, 15) is 8.78 Å². The summed E-state index contributed by atoms with van der Waals surface area (Å²) in [6, 6.07) is 13.6. The zero-order valence-electron chi connectivity index (χ0n) is 19.5. The zero-order valence-corrected chi connectivity index (χ0v) is 19.5. The Morgan fingerprint density at radius 3 is 2.33 bits per heavy atom. The van der Waals surface area contributed by atoms with Gasteiger partial charge in [-0.25, -0.2) is 14.4 Å². The molecule has 174 valence electrons. The molecule has 4 aromatic rings. The first-order chi connectivity index (χ1) is 16.0. The normalized spacial score (nSPS) is 9.39. The number of halogens is 2. The van der Waals surface area contributed by atoms with Gasteiger partial charge in [-0.15, -0.1) is 0 Å². The summed E-state index contributed by atoms with van der Waals surface area (Å²) in [5.41, 5.74) is 15.0. The minimum atomic E-state index is -0.402. The van der Waals surface area contributed by atoms with Gasteiger partial charge in [0.2, 0.25) is 5.95 Å². The monoisotopic (exact) mass is 453 g/mol. The first-order valence-corrected chi connectivity index (χ1v) is 10.5. The first kappa shape index (κ1) is 27.0. The molecule has 33 heavy (non-hydrogen) atoms. The molecule has 2 aromatic carbocycles. The molecule has 4 rings (SSSR count). The number of nitriles is 1. The quantitative estimate of drug-likeness (QED) is 0.403. The van der Waals surface area contributed by atoms with Gasteiger partial charge in [-0.3, -0.25) is 4.39 Å². The molecule has 0 atom stereocenters. The van der Waals surface area contributed by atoms with E-state index in [0.717, 1.165) is 0 Å². The average Bonchev–Trinajstić information content (AvgIpc) is 3.26. The minimum absolute atomic E-state index is 0.0689. The fourth-order valence-corrected chi connectivity index (χ4v) is 2.89. The van der Waals surface area contributed by atoms with Gasteiger partial charge in [0.25, 0.3) is 0 Å². The van der Waals surface area contributed by atoms with Gasteiger partial charge < -0.3 is 16.0 Å². The Morgan fingerprint density at radius 2 is 1.70 bits per heavy atom. The number of nitrogens with two attached hydrogens (primary N) is 2. The lowest BCUT2D eigenvalue weighted by Crippen LogP contribution is -2.05. The number of nitrogens with zero attached hydrogens (tertiary/aromatic N) is 5. The molecule has 2 aromatic heterocycles. The molecule has 0 spiro atoms. The molecular weight excluding hydrogens is 424 g/mol. The molecule has 2 heterocycles. The van der Waals surface area contributed by atoms with Gasteiger partial charge in [0.15, 0.2) is 5.65 Å². The van der Waals surface area contributed by atoms with E-state index in [0.29, 0.717) is 46.4 Å². The minimum Gasteiger partial charge on any atom is -0.399 e. The Kier molecular flexibility index (Phi) is 10.9. The molecule has 0 radical (unpaired) electrons. The van der Waals surface area contributed by atoms with Crippen molar-refractivity contribution in [1.29, 1.82) is 5.26 Å². The maximum absolute atomic E-state index is 14.1. The lowest BCUT2D eigenvalue weighted by Gasteiger charge is -2.08. The smallest absolute Gasteiger partial charge is 0.222 e. The van der Waals surface area contributed by atoms with Crippen molar-refractivity contribution in [3.63, 3.8) is 0 Å². The summed E-state index contributed by atoms with van der Waals surface area (Å²) in [5.74, 6) is -0.333. The second kappa shape index (κ2) is 13.4. The van der Waals surface area contributed by atoms with Gasteiger partial charge in [0, 0.05) is 16.8 Å². The maximum Gasteiger partial charge on any atom is 0.222 e. The van der Waals surface area contributed by atoms with Gasteiger partial charge in [-0.2, -0.15) is 10.2 Å². The van der Waals surface area contributed by atoms with E-state index in [4.69, 9.17) is 16.7 Å². The molecule has 0 saturated heterocycles. The summed E-state index contributed by atoms with van der Waals surface area (Å²) in [7, 11) is 0.500. The van der Waals surface area contributed by atoms with Crippen molar-refractivity contribution < 1.29 is 8.78 Å². The van der Waals surface area contributed by atoms with Crippen molar-refractivity contribution in [2.75, 3.05) is 18.6 Å². The number of hydrogen-bond acceptors (Lipinski definition) is 6. The molecule has 0 amide bonds. The number of alkyl halides is 1. The number of nitrogen functional groups attached to an aromatic ring is 2. The lowest BCUT2D eigenvalue weighted by atomic mass is 10.1. The van der Waals surface area contributed by atoms with Crippen molar-refractivity contribution in [1.82, 2.24) is 19.5 Å². The molecule has 0 aliphatic heterocycles. The van der Waals surface area contributed by atoms with E-state index in [1.165, 1.54) is 6.07 Å². The molecule has 0 bridgehead atoms. The first-order valence-electron chi connectivity index (χ1n) is 10.5. The van der Waals surface area contributed by atoms with Crippen molar-refractivity contribution in [3.8, 4) is 17.3 Å². The highest BCUT2D eigenvalue weighted by atomic mass is 19.1. The van der Waals surface area contributed by atoms with Crippen LogP contribution in [0.4, 0.5) is 20.4 Å². The Morgan fingerprint density at radius 1 is 1.00 bits per heavy atom. The van der Waals surface area contributed by atoms with Crippen LogP contribution in [0.5, 0.6) is 0 Å². The summed E-state index contributed by atoms with van der Waals surface area (Å²) >= 11 is 0. The van der Waals surface area contributed by atoms with Crippen LogP contribution in [-0.2, 0) is 6.54 Å². The summed E-state index contributed by atoms with van der Waals surface area (Å²) < 4.78 is 25.3. The Balaban J connectivity index is 0.000000841. The summed E-state index contributed by atoms with van der Waals surface area (Å²) in [5, 5.41) is 9.12. The molecular formula is C24H29F2N7. The molecule has 0 aliphatic rings. The lowest BCUT2D eigenvalue weighted by molar-refractivity contribution is 0.602. The van der Waals surface area contributed by atoms with Crippen LogP contribution in [0.2, 0.25) is 0 Å². The average molecular weight is 454 g/mol. The summed E-state index contributed by atoms with van der Waals surface area (Å²) in [4.78, 5) is 12.9. The fourth-order valence-electron chi connectivity index (χ4n) is 2.89. The summed E-state index contributed by atoms with van der Waals surface area (Å²) in [6.45, 7) is 8.22. The van der Waals surface area contributed by atoms with Crippen LogP contribution in [-0.4, -0.2) is 26.7 Å². The highest BCUT2D eigenvalue weighted by molar-refractivity contribution is 5.88. The van der Waals surface area contributed by atoms with E-state index < -0.39 is 5.82 Å². The van der Waals surface area contributed by atoms with Gasteiger partial charge in [0.05, 0.1) is 31.7 Å². The number of imidazole rings is 1. The molecule has 0 unspecified atom stereocenters. The van der Waals surface area contributed by atoms with E-state index in [1.807, 2.05) is 33.8 Å². The largest absolute Gasteiger partial charge is 0.399 e. The third-order valence-electron chi connectivity index (χ3n) is 4.16. The van der Waals surface area contributed by atoms with E-state index in [-0.39, 0.29) is 12.5 Å². The number of fused-ring (bicyclic) bond motifs is 1. The van der Waals surface area contributed by atoms with Crippen molar-refractivity contribution in [2.24, 2.45) is 0 Å². The third-order valence-corrected chi connectivity index (χ3v) is 4.16. The zero-order chi connectivity index (χ0) is 25.0. The summed E-state index contributed by atoms with van der Waals surface area (Å²) in [6.07, 6.45) is 1.56. The number of rotatable bonds is 3. The van der Waals surface area contributed by atoms with Crippen LogP contribution in [0.15, 0.2) is 48.8 Å². The van der Waals surface area contributed by atoms with E-state index >= 15 is 0 Å². The van der Waals surface area contributed by atoms with Crippen LogP contribution in [0.1, 0.15) is 38.8 Å². The van der Waals surface area contributed by atoms with Gasteiger partial charge >= 0.3 is 0 Å². The molecule has 7 nitrogen and oxygen atoms in total. The van der Waals surface area contributed by atoms with Gasteiger partial charge in [-0.1, -0.05) is 45.9 Å². The van der Waals surface area contributed by atoms with E-state index in [1.54, 1.807) is 41.2 Å². The van der Waals surface area contributed by atoms with Crippen LogP contribution in [0.3, 0.4) is 0 Å². The Labute approximate surface area is 192 Å². The molecule has 0 saturated carbocycles. The Bertz CT molecular complexity index is 1210. The number of anilines is 2. The predicted octanol–water partition coefficient (Wildman–Crippen LogP) is 5.35. The molecule has 0 fully saturated rings. The SMILES string of the molecule is CC.CC.CF.N#Cc1cccc(-c2nc(N)nc3c2ncn3Cc2ccc(N)cc2F)c1.